The van der Waals surface area contributed by atoms with Crippen LogP contribution in [-0.2, 0) is 0 Å². The van der Waals surface area contributed by atoms with Gasteiger partial charge in [0.15, 0.2) is 0 Å². The van der Waals surface area contributed by atoms with Crippen molar-refractivity contribution in [1.82, 2.24) is 5.34 Å². The minimum absolute atomic E-state index is 1.00. The quantitative estimate of drug-likeness (QED) is 0.382. The van der Waals surface area contributed by atoms with Gasteiger partial charge in [-0.3, -0.25) is 0 Å². The summed E-state index contributed by atoms with van der Waals surface area (Å²) in [5.74, 6) is 0. The van der Waals surface area contributed by atoms with E-state index in [1.165, 1.54) is 0 Å². The minimum atomic E-state index is 1.00. The Labute approximate surface area is 52.9 Å². The first kappa shape index (κ1) is 7.62. The van der Waals surface area contributed by atoms with Crippen LogP contribution in [0.4, 0.5) is 0 Å². The van der Waals surface area contributed by atoms with Crippen LogP contribution in [0, 0.1) is 16.2 Å². The van der Waals surface area contributed by atoms with Crippen molar-refractivity contribution < 1.29 is 0 Å². The highest BCUT2D eigenvalue weighted by Gasteiger charge is 1.58. The smallest absolute Gasteiger partial charge is 0.194 e. The van der Waals surface area contributed by atoms with Crippen LogP contribution >= 0.6 is 0 Å². The zero-order valence-electron chi connectivity index (χ0n) is 4.65. The van der Waals surface area contributed by atoms with Crippen molar-refractivity contribution in [3.63, 3.8) is 0 Å². The summed E-state index contributed by atoms with van der Waals surface area (Å²) < 4.78 is 0. The zero-order valence-corrected chi connectivity index (χ0v) is 4.65. The lowest BCUT2D eigenvalue weighted by Crippen LogP contribution is -1.49. The Morgan fingerprint density at radius 3 is 1.78 bits per heavy atom. The number of benzene rings is 1. The van der Waals surface area contributed by atoms with Gasteiger partial charge in [0.05, 0.1) is 0 Å². The maximum absolute atomic E-state index is 8.00. The molecule has 3 heteroatoms. The number of rotatable bonds is 0. The van der Waals surface area contributed by atoms with Crippen LogP contribution in [0.15, 0.2) is 30.3 Å². The van der Waals surface area contributed by atoms with Gasteiger partial charge in [-0.25, -0.2) is 0 Å². The molecule has 0 atom stereocenters. The molecule has 1 aromatic rings. The van der Waals surface area contributed by atoms with Crippen molar-refractivity contribution in [3.8, 4) is 0 Å². The summed E-state index contributed by atoms with van der Waals surface area (Å²) in [5.41, 5.74) is 0. The fraction of sp³-hybridized carbons (Fsp3) is 0. The molecular formula is C6H5NO2. The molecule has 1 rings (SSSR count). The molecule has 0 bridgehead atoms. The third-order valence-electron chi connectivity index (χ3n) is 0.607. The normalized spacial score (nSPS) is 6.67. The van der Waals surface area contributed by atoms with Gasteiger partial charge in [-0.15, -0.1) is 0 Å². The van der Waals surface area contributed by atoms with E-state index in [1.807, 2.05) is 30.3 Å². The molecular weight excluding hydrogens is 118 g/mol. The van der Waals surface area contributed by atoms with Crippen molar-refractivity contribution in [3.05, 3.63) is 46.5 Å². The molecule has 1 aromatic carbocycles. The second-order valence-electron chi connectivity index (χ2n) is 1.15. The summed E-state index contributed by atoms with van der Waals surface area (Å²) in [4.78, 5) is 8.00. The molecule has 0 aliphatic rings. The molecule has 0 saturated carbocycles. The van der Waals surface area contributed by atoms with Gasteiger partial charge < -0.3 is 0 Å². The number of nitrogens with zero attached hydrogens (tertiary/aromatic N) is 1. The Morgan fingerprint density at radius 2 is 1.67 bits per heavy atom. The van der Waals surface area contributed by atoms with E-state index in [0.717, 1.165) is 5.34 Å². The van der Waals surface area contributed by atoms with Gasteiger partial charge in [0.2, 0.25) is 0 Å². The first-order valence-corrected chi connectivity index (χ1v) is 2.28. The third kappa shape index (κ3) is 6.62. The van der Waals surface area contributed by atoms with Crippen molar-refractivity contribution in [1.29, 1.82) is 0 Å². The Balaban J connectivity index is 0.000000187. The first-order valence-electron chi connectivity index (χ1n) is 2.28. The van der Waals surface area contributed by atoms with E-state index < -0.39 is 0 Å². The fourth-order valence-corrected chi connectivity index (χ4v) is 0.342. The average molecular weight is 123 g/mol. The molecule has 0 unspecified atom stereocenters. The van der Waals surface area contributed by atoms with Crippen molar-refractivity contribution in [2.24, 2.45) is 0 Å². The molecule has 9 heavy (non-hydrogen) atoms. The summed E-state index contributed by atoms with van der Waals surface area (Å²) in [5, 5.41) is 9.00. The highest BCUT2D eigenvalue weighted by Crippen LogP contribution is 1.78. The maximum Gasteiger partial charge on any atom is 0.387 e. The summed E-state index contributed by atoms with van der Waals surface area (Å²) in [7, 11) is 0. The van der Waals surface area contributed by atoms with Crippen LogP contribution < -0.4 is 5.34 Å². The molecule has 46 valence electrons. The van der Waals surface area contributed by atoms with E-state index in [9.17, 15) is 0 Å². The second-order valence-corrected chi connectivity index (χ2v) is 1.15. The highest BCUT2D eigenvalue weighted by atomic mass is 16.6. The van der Waals surface area contributed by atoms with Gasteiger partial charge in [0, 0.05) is 0 Å². The molecule has 0 spiro atoms. The molecule has 3 nitrogen and oxygen atoms in total. The lowest BCUT2D eigenvalue weighted by molar-refractivity contribution is 1.38. The summed E-state index contributed by atoms with van der Waals surface area (Å²) in [6.07, 6.45) is 0. The van der Waals surface area contributed by atoms with E-state index in [2.05, 4.69) is 6.07 Å². The zero-order chi connectivity index (χ0) is 6.95. The molecule has 0 aliphatic heterocycles. The molecule has 2 radical (unpaired) electrons. The van der Waals surface area contributed by atoms with Crippen LogP contribution in [0.25, 0.3) is 0 Å². The minimum Gasteiger partial charge on any atom is -0.194 e. The number of hydrogen-bond donors (Lipinski definition) is 0. The molecule has 0 fully saturated rings. The van der Waals surface area contributed by atoms with Gasteiger partial charge in [0.1, 0.15) is 0 Å². The van der Waals surface area contributed by atoms with Crippen LogP contribution in [0.1, 0.15) is 0 Å². The van der Waals surface area contributed by atoms with E-state index in [1.54, 1.807) is 0 Å². The molecule has 0 amide bonds. The van der Waals surface area contributed by atoms with Gasteiger partial charge in [0.25, 0.3) is 0 Å². The van der Waals surface area contributed by atoms with Gasteiger partial charge in [-0.2, -0.15) is 10.1 Å². The van der Waals surface area contributed by atoms with Crippen LogP contribution in [0.5, 0.6) is 0 Å². The Kier molecular flexibility index (Phi) is 5.60. The Hall–Kier alpha value is -1.38. The van der Waals surface area contributed by atoms with Crippen molar-refractivity contribution >= 4 is 0 Å². The monoisotopic (exact) mass is 123 g/mol. The maximum atomic E-state index is 8.00. The van der Waals surface area contributed by atoms with E-state index in [-0.39, 0.29) is 0 Å². The predicted molar refractivity (Wildman–Crippen MR) is 34.1 cm³/mol. The lowest BCUT2D eigenvalue weighted by Gasteiger charge is -1.68. The molecule has 0 N–H and O–H groups in total. The Bertz CT molecular complexity index is 114. The largest absolute Gasteiger partial charge is 0.387 e. The summed E-state index contributed by atoms with van der Waals surface area (Å²) in [6, 6.07) is 12.5. The SMILES string of the molecule is O=[N+][O-].[c]1ccccc1. The predicted octanol–water partition coefficient (Wildman–Crippen LogP) is 1.07. The van der Waals surface area contributed by atoms with E-state index in [4.69, 9.17) is 10.1 Å². The van der Waals surface area contributed by atoms with Gasteiger partial charge in [-0.1, -0.05) is 30.3 Å². The van der Waals surface area contributed by atoms with Gasteiger partial charge >= 0.3 is 5.34 Å². The molecule has 0 heterocycles. The second kappa shape index (κ2) is 6.62. The number of hydrogen-bond acceptors (Lipinski definition) is 3. The first-order chi connectivity index (χ1) is 4.41. The van der Waals surface area contributed by atoms with Crippen LogP contribution in [-0.4, -0.2) is 0 Å². The fourth-order valence-electron chi connectivity index (χ4n) is 0.342. The Morgan fingerprint density at radius 1 is 1.22 bits per heavy atom. The van der Waals surface area contributed by atoms with Gasteiger partial charge in [-0.05, 0) is 6.07 Å². The van der Waals surface area contributed by atoms with E-state index in [0.29, 0.717) is 0 Å². The van der Waals surface area contributed by atoms with Crippen LogP contribution in [0.2, 0.25) is 0 Å². The average Bonchev–Trinajstić information content (AvgIpc) is 1.93. The topological polar surface area (TPSA) is 54.2 Å². The molecule has 0 aromatic heterocycles. The highest BCUT2D eigenvalue weighted by molar-refractivity contribution is 4.97. The third-order valence-corrected chi connectivity index (χ3v) is 0.607. The molecule has 0 saturated heterocycles. The summed E-state index contributed by atoms with van der Waals surface area (Å²) in [6.45, 7) is 0. The van der Waals surface area contributed by atoms with Crippen LogP contribution in [0.3, 0.4) is 0 Å². The van der Waals surface area contributed by atoms with E-state index >= 15 is 0 Å². The molecule has 0 aliphatic carbocycles. The van der Waals surface area contributed by atoms with Crippen molar-refractivity contribution in [2.75, 3.05) is 0 Å². The lowest BCUT2D eigenvalue weighted by atomic mass is 10.4. The van der Waals surface area contributed by atoms with Crippen molar-refractivity contribution in [2.45, 2.75) is 0 Å². The standard InChI is InChI=1S/C6H5.NO2/c1-2-4-6-5-3-1;2-1-3/h1-5H;. The summed E-state index contributed by atoms with van der Waals surface area (Å²) >= 11 is 0.